The Labute approximate surface area is 137 Å². The van der Waals surface area contributed by atoms with Gasteiger partial charge in [0.2, 0.25) is 31.2 Å². The second kappa shape index (κ2) is 7.83. The molecule has 0 aromatic rings. The third-order valence-electron chi connectivity index (χ3n) is 2.56. The standard InChI is InChI=1S/C7H14O14S3/c1-17-7-6(21-24(14,15)16)5(20-23(11,12)13)2-4(19-7)3-18-22(8,9)10/h4-7H,2-3H2,1H3,(H,8,9,10)(H,11,12,13)(H,14,15,16)/p-3/t4?,5-,6?,7+/m0/s1. The van der Waals surface area contributed by atoms with Gasteiger partial charge in [-0.25, -0.2) is 25.3 Å². The van der Waals surface area contributed by atoms with E-state index >= 15 is 0 Å². The fourth-order valence-corrected chi connectivity index (χ4v) is 3.13. The van der Waals surface area contributed by atoms with Crippen LogP contribution in [0.3, 0.4) is 0 Å². The molecule has 1 aliphatic rings. The monoisotopic (exact) mass is 415 g/mol. The van der Waals surface area contributed by atoms with Crippen LogP contribution in [0.1, 0.15) is 6.42 Å². The van der Waals surface area contributed by atoms with Crippen molar-refractivity contribution < 1.29 is 60.9 Å². The van der Waals surface area contributed by atoms with E-state index in [2.05, 4.69) is 17.3 Å². The highest BCUT2D eigenvalue weighted by Gasteiger charge is 2.43. The second-order valence-electron chi connectivity index (χ2n) is 4.30. The molecule has 0 saturated carbocycles. The van der Waals surface area contributed by atoms with Gasteiger partial charge < -0.3 is 23.1 Å². The number of ether oxygens (including phenoxy) is 2. The van der Waals surface area contributed by atoms with Crippen LogP contribution in [0.2, 0.25) is 0 Å². The van der Waals surface area contributed by atoms with E-state index in [1.54, 1.807) is 0 Å². The van der Waals surface area contributed by atoms with Crippen LogP contribution in [0, 0.1) is 0 Å². The Hall–Kier alpha value is -0.470. The first-order valence-corrected chi connectivity index (χ1v) is 9.77. The molecule has 144 valence electrons. The van der Waals surface area contributed by atoms with E-state index in [4.69, 9.17) is 4.74 Å². The summed E-state index contributed by atoms with van der Waals surface area (Å²) in [5, 5.41) is 0. The summed E-state index contributed by atoms with van der Waals surface area (Å²) in [6, 6.07) is 0. The minimum Gasteiger partial charge on any atom is -0.726 e. The Morgan fingerprint density at radius 1 is 0.958 bits per heavy atom. The molecular formula is C7H11O14S3-3. The van der Waals surface area contributed by atoms with Crippen LogP contribution in [0.4, 0.5) is 0 Å². The molecule has 24 heavy (non-hydrogen) atoms. The molecule has 1 heterocycles. The van der Waals surface area contributed by atoms with E-state index in [0.29, 0.717) is 0 Å². The summed E-state index contributed by atoms with van der Waals surface area (Å²) < 4.78 is 117. The predicted molar refractivity (Wildman–Crippen MR) is 65.1 cm³/mol. The zero-order chi connectivity index (χ0) is 18.8. The van der Waals surface area contributed by atoms with Crippen molar-refractivity contribution in [1.82, 2.24) is 0 Å². The Morgan fingerprint density at radius 3 is 1.92 bits per heavy atom. The first-order chi connectivity index (χ1) is 10.7. The Kier molecular flexibility index (Phi) is 7.03. The first kappa shape index (κ1) is 21.6. The topological polar surface area (TPSA) is 218 Å². The average molecular weight is 415 g/mol. The van der Waals surface area contributed by atoms with Crippen molar-refractivity contribution in [2.24, 2.45) is 0 Å². The highest BCUT2D eigenvalue weighted by Crippen LogP contribution is 2.28. The second-order valence-corrected chi connectivity index (χ2v) is 7.37. The van der Waals surface area contributed by atoms with Crippen molar-refractivity contribution in [2.45, 2.75) is 31.0 Å². The molecule has 0 bridgehead atoms. The van der Waals surface area contributed by atoms with Gasteiger partial charge >= 0.3 is 0 Å². The van der Waals surface area contributed by atoms with Crippen molar-refractivity contribution >= 4 is 31.2 Å². The highest BCUT2D eigenvalue weighted by molar-refractivity contribution is 7.81. The maximum Gasteiger partial charge on any atom is 0.218 e. The molecule has 1 aliphatic heterocycles. The lowest BCUT2D eigenvalue weighted by atomic mass is 10.0. The number of rotatable bonds is 8. The van der Waals surface area contributed by atoms with Gasteiger partial charge in [0.05, 0.1) is 12.7 Å². The van der Waals surface area contributed by atoms with Gasteiger partial charge in [-0.1, -0.05) is 0 Å². The van der Waals surface area contributed by atoms with Crippen LogP contribution in [-0.2, 0) is 53.2 Å². The summed E-state index contributed by atoms with van der Waals surface area (Å²) in [5.74, 6) is 0. The first-order valence-electron chi connectivity index (χ1n) is 5.77. The fourth-order valence-electron chi connectivity index (χ4n) is 1.84. The Morgan fingerprint density at radius 2 is 1.50 bits per heavy atom. The molecule has 0 spiro atoms. The molecule has 0 aromatic carbocycles. The van der Waals surface area contributed by atoms with Gasteiger partial charge in [0, 0.05) is 13.5 Å². The van der Waals surface area contributed by atoms with Crippen LogP contribution in [0.5, 0.6) is 0 Å². The van der Waals surface area contributed by atoms with E-state index in [1.807, 2.05) is 0 Å². The number of hydrogen-bond acceptors (Lipinski definition) is 14. The van der Waals surface area contributed by atoms with Crippen molar-refractivity contribution in [3.63, 3.8) is 0 Å². The van der Waals surface area contributed by atoms with Gasteiger partial charge in [-0.2, -0.15) is 0 Å². The SMILES string of the molecule is CO[C@@H]1OC(COS(=O)(=O)[O-])C[C@H](OS(=O)(=O)[O-])C1OS(=O)(=O)[O-]. The summed E-state index contributed by atoms with van der Waals surface area (Å²) in [6.07, 6.45) is -7.66. The summed E-state index contributed by atoms with van der Waals surface area (Å²) in [6.45, 7) is -0.915. The summed E-state index contributed by atoms with van der Waals surface area (Å²) in [7, 11) is -14.9. The van der Waals surface area contributed by atoms with Crippen molar-refractivity contribution in [3.8, 4) is 0 Å². The average Bonchev–Trinajstić information content (AvgIpc) is 2.34. The lowest BCUT2D eigenvalue weighted by Crippen LogP contribution is -2.53. The van der Waals surface area contributed by atoms with Crippen LogP contribution in [-0.4, -0.2) is 77.2 Å². The van der Waals surface area contributed by atoms with Gasteiger partial charge in [0.15, 0.2) is 12.4 Å². The zero-order valence-electron chi connectivity index (χ0n) is 11.7. The molecule has 1 saturated heterocycles. The van der Waals surface area contributed by atoms with Crippen molar-refractivity contribution in [1.29, 1.82) is 0 Å². The van der Waals surface area contributed by atoms with Gasteiger partial charge in [-0.05, 0) is 0 Å². The number of methoxy groups -OCH3 is 1. The quantitative estimate of drug-likeness (QED) is 0.283. The van der Waals surface area contributed by atoms with E-state index in [9.17, 15) is 38.9 Å². The minimum absolute atomic E-state index is 0.670. The van der Waals surface area contributed by atoms with E-state index in [0.717, 1.165) is 7.11 Å². The normalized spacial score (nSPS) is 29.5. The lowest BCUT2D eigenvalue weighted by molar-refractivity contribution is -0.251. The molecule has 0 radical (unpaired) electrons. The maximum atomic E-state index is 10.7. The number of hydrogen-bond donors (Lipinski definition) is 0. The molecule has 4 atom stereocenters. The fraction of sp³-hybridized carbons (Fsp3) is 1.00. The molecule has 0 amide bonds. The summed E-state index contributed by atoms with van der Waals surface area (Å²) in [4.78, 5) is 0. The Balaban J connectivity index is 3.02. The molecule has 2 unspecified atom stereocenters. The molecule has 1 fully saturated rings. The largest absolute Gasteiger partial charge is 0.726 e. The minimum atomic E-state index is -5.37. The van der Waals surface area contributed by atoms with Crippen molar-refractivity contribution in [3.05, 3.63) is 0 Å². The van der Waals surface area contributed by atoms with Gasteiger partial charge in [0.1, 0.15) is 6.10 Å². The van der Waals surface area contributed by atoms with Crippen LogP contribution < -0.4 is 0 Å². The van der Waals surface area contributed by atoms with Crippen molar-refractivity contribution in [2.75, 3.05) is 13.7 Å². The molecule has 1 rings (SSSR count). The molecule has 0 aromatic heterocycles. The molecule has 0 N–H and O–H groups in total. The van der Waals surface area contributed by atoms with Gasteiger partial charge in [-0.15, -0.1) is 0 Å². The molecule has 0 aliphatic carbocycles. The smallest absolute Gasteiger partial charge is 0.218 e. The summed E-state index contributed by atoms with van der Waals surface area (Å²) >= 11 is 0. The predicted octanol–water partition coefficient (Wildman–Crippen LogP) is -3.08. The van der Waals surface area contributed by atoms with Crippen LogP contribution in [0.25, 0.3) is 0 Å². The van der Waals surface area contributed by atoms with Gasteiger partial charge in [0.25, 0.3) is 0 Å². The highest BCUT2D eigenvalue weighted by atomic mass is 32.3. The molecule has 17 heteroatoms. The van der Waals surface area contributed by atoms with E-state index in [1.165, 1.54) is 0 Å². The third kappa shape index (κ3) is 8.07. The molecule has 14 nitrogen and oxygen atoms in total. The zero-order valence-corrected chi connectivity index (χ0v) is 14.1. The van der Waals surface area contributed by atoms with Crippen LogP contribution in [0.15, 0.2) is 0 Å². The van der Waals surface area contributed by atoms with Gasteiger partial charge in [-0.3, -0.25) is 12.5 Å². The maximum absolute atomic E-state index is 10.7. The summed E-state index contributed by atoms with van der Waals surface area (Å²) in [5.41, 5.74) is 0. The van der Waals surface area contributed by atoms with Crippen LogP contribution >= 0.6 is 0 Å². The van der Waals surface area contributed by atoms with E-state index < -0.39 is 68.8 Å². The third-order valence-corrected chi connectivity index (χ3v) is 3.92. The van der Waals surface area contributed by atoms with E-state index in [-0.39, 0.29) is 0 Å². The lowest BCUT2D eigenvalue weighted by Gasteiger charge is -2.40. The molecular weight excluding hydrogens is 404 g/mol. The Bertz CT molecular complexity index is 722.